The normalized spacial score (nSPS) is 23.1. The second-order valence-corrected chi connectivity index (χ2v) is 6.06. The maximum atomic E-state index is 5.28. The van der Waals surface area contributed by atoms with Crippen molar-refractivity contribution in [2.24, 2.45) is 11.8 Å². The SMILES string of the molecule is CCOCCCNC(=S)NCCC1CCC(C)CC1. The van der Waals surface area contributed by atoms with Gasteiger partial charge in [-0.3, -0.25) is 0 Å². The van der Waals surface area contributed by atoms with Gasteiger partial charge in [-0.2, -0.15) is 0 Å². The predicted octanol–water partition coefficient (Wildman–Crippen LogP) is 3.09. The van der Waals surface area contributed by atoms with Crippen LogP contribution in [0.25, 0.3) is 0 Å². The molecule has 0 aromatic carbocycles. The van der Waals surface area contributed by atoms with E-state index in [0.29, 0.717) is 0 Å². The lowest BCUT2D eigenvalue weighted by Gasteiger charge is -2.26. The molecule has 1 fully saturated rings. The highest BCUT2D eigenvalue weighted by Crippen LogP contribution is 2.29. The summed E-state index contributed by atoms with van der Waals surface area (Å²) in [6.07, 6.45) is 7.88. The van der Waals surface area contributed by atoms with Crippen molar-refractivity contribution in [1.82, 2.24) is 10.6 Å². The zero-order chi connectivity index (χ0) is 13.9. The maximum absolute atomic E-state index is 5.28. The van der Waals surface area contributed by atoms with Gasteiger partial charge in [-0.05, 0) is 43.8 Å². The van der Waals surface area contributed by atoms with Crippen molar-refractivity contribution in [2.75, 3.05) is 26.3 Å². The highest BCUT2D eigenvalue weighted by molar-refractivity contribution is 7.80. The molecule has 0 aliphatic heterocycles. The Bertz CT molecular complexity index is 240. The van der Waals surface area contributed by atoms with E-state index in [-0.39, 0.29) is 0 Å². The average molecular weight is 286 g/mol. The molecule has 1 saturated carbocycles. The van der Waals surface area contributed by atoms with Gasteiger partial charge in [0.1, 0.15) is 0 Å². The van der Waals surface area contributed by atoms with Crippen LogP contribution in [0.4, 0.5) is 0 Å². The first-order valence-electron chi connectivity index (χ1n) is 7.81. The number of thiocarbonyl (C=S) groups is 1. The van der Waals surface area contributed by atoms with E-state index < -0.39 is 0 Å². The maximum Gasteiger partial charge on any atom is 0.166 e. The molecular formula is C15H30N2OS. The van der Waals surface area contributed by atoms with Crippen LogP contribution in [-0.2, 0) is 4.74 Å². The van der Waals surface area contributed by atoms with Crippen LogP contribution in [0.15, 0.2) is 0 Å². The first kappa shape index (κ1) is 16.7. The average Bonchev–Trinajstić information content (AvgIpc) is 2.41. The fourth-order valence-electron chi connectivity index (χ4n) is 2.59. The molecular weight excluding hydrogens is 256 g/mol. The number of ether oxygens (including phenoxy) is 1. The Morgan fingerprint density at radius 3 is 2.53 bits per heavy atom. The van der Waals surface area contributed by atoms with Crippen LogP contribution >= 0.6 is 12.2 Å². The Balaban J connectivity index is 1.92. The second-order valence-electron chi connectivity index (χ2n) is 5.65. The van der Waals surface area contributed by atoms with E-state index in [1.54, 1.807) is 0 Å². The molecule has 1 aliphatic carbocycles. The highest BCUT2D eigenvalue weighted by atomic mass is 32.1. The van der Waals surface area contributed by atoms with Gasteiger partial charge in [0.05, 0.1) is 0 Å². The van der Waals surface area contributed by atoms with Crippen molar-refractivity contribution >= 4 is 17.3 Å². The Kier molecular flexibility index (Phi) is 9.18. The van der Waals surface area contributed by atoms with Gasteiger partial charge < -0.3 is 15.4 Å². The summed E-state index contributed by atoms with van der Waals surface area (Å²) in [5.41, 5.74) is 0. The molecule has 2 N–H and O–H groups in total. The van der Waals surface area contributed by atoms with Gasteiger partial charge >= 0.3 is 0 Å². The van der Waals surface area contributed by atoms with Gasteiger partial charge in [-0.1, -0.05) is 32.6 Å². The lowest BCUT2D eigenvalue weighted by atomic mass is 9.81. The van der Waals surface area contributed by atoms with Crippen molar-refractivity contribution in [2.45, 2.75) is 52.4 Å². The molecule has 0 heterocycles. The number of hydrogen-bond donors (Lipinski definition) is 2. The summed E-state index contributed by atoms with van der Waals surface area (Å²) in [6, 6.07) is 0. The summed E-state index contributed by atoms with van der Waals surface area (Å²) in [5.74, 6) is 1.85. The minimum absolute atomic E-state index is 0.792. The monoisotopic (exact) mass is 286 g/mol. The number of hydrogen-bond acceptors (Lipinski definition) is 2. The molecule has 4 heteroatoms. The molecule has 1 rings (SSSR count). The highest BCUT2D eigenvalue weighted by Gasteiger charge is 2.17. The van der Waals surface area contributed by atoms with Crippen molar-refractivity contribution in [3.63, 3.8) is 0 Å². The van der Waals surface area contributed by atoms with Crippen molar-refractivity contribution < 1.29 is 4.74 Å². The van der Waals surface area contributed by atoms with Gasteiger partial charge in [0.15, 0.2) is 5.11 Å². The van der Waals surface area contributed by atoms with Crippen LogP contribution in [0, 0.1) is 11.8 Å². The molecule has 0 spiro atoms. The van der Waals surface area contributed by atoms with E-state index in [1.165, 1.54) is 32.1 Å². The van der Waals surface area contributed by atoms with Crippen LogP contribution in [0.2, 0.25) is 0 Å². The van der Waals surface area contributed by atoms with E-state index in [2.05, 4.69) is 17.6 Å². The van der Waals surface area contributed by atoms with E-state index in [0.717, 1.165) is 49.7 Å². The quantitative estimate of drug-likeness (QED) is 0.531. The summed E-state index contributed by atoms with van der Waals surface area (Å²) in [4.78, 5) is 0. The second kappa shape index (κ2) is 10.4. The molecule has 19 heavy (non-hydrogen) atoms. The van der Waals surface area contributed by atoms with Gasteiger partial charge in [-0.25, -0.2) is 0 Å². The molecule has 0 radical (unpaired) electrons. The van der Waals surface area contributed by atoms with Crippen LogP contribution in [0.3, 0.4) is 0 Å². The third kappa shape index (κ3) is 8.43. The molecule has 112 valence electrons. The Hall–Kier alpha value is -0.350. The Morgan fingerprint density at radius 1 is 1.16 bits per heavy atom. The summed E-state index contributed by atoms with van der Waals surface area (Å²) < 4.78 is 5.28. The van der Waals surface area contributed by atoms with Gasteiger partial charge in [-0.15, -0.1) is 0 Å². The fourth-order valence-corrected chi connectivity index (χ4v) is 2.79. The molecule has 3 nitrogen and oxygen atoms in total. The van der Waals surface area contributed by atoms with E-state index >= 15 is 0 Å². The fraction of sp³-hybridized carbons (Fsp3) is 0.933. The van der Waals surface area contributed by atoms with Gasteiger partial charge in [0, 0.05) is 26.3 Å². The lowest BCUT2D eigenvalue weighted by molar-refractivity contribution is 0.145. The van der Waals surface area contributed by atoms with Crippen LogP contribution in [-0.4, -0.2) is 31.4 Å². The smallest absolute Gasteiger partial charge is 0.166 e. The van der Waals surface area contributed by atoms with E-state index in [4.69, 9.17) is 17.0 Å². The molecule has 0 bridgehead atoms. The van der Waals surface area contributed by atoms with E-state index in [1.807, 2.05) is 6.92 Å². The topological polar surface area (TPSA) is 33.3 Å². The molecule has 0 atom stereocenters. The molecule has 0 unspecified atom stereocenters. The van der Waals surface area contributed by atoms with Gasteiger partial charge in [0.25, 0.3) is 0 Å². The van der Waals surface area contributed by atoms with Crippen LogP contribution in [0.5, 0.6) is 0 Å². The Labute approximate surface area is 123 Å². The molecule has 1 aliphatic rings. The third-order valence-electron chi connectivity index (χ3n) is 3.93. The van der Waals surface area contributed by atoms with Crippen molar-refractivity contribution in [1.29, 1.82) is 0 Å². The third-order valence-corrected chi connectivity index (χ3v) is 4.22. The molecule has 0 saturated heterocycles. The summed E-state index contributed by atoms with van der Waals surface area (Å²) in [7, 11) is 0. The standard InChI is InChI=1S/C15H30N2OS/c1-3-18-12-4-10-16-15(19)17-11-9-14-7-5-13(2)6-8-14/h13-14H,3-12H2,1-2H3,(H2,16,17,19). The van der Waals surface area contributed by atoms with Crippen molar-refractivity contribution in [3.05, 3.63) is 0 Å². The number of nitrogens with one attached hydrogen (secondary N) is 2. The minimum atomic E-state index is 0.792. The molecule has 0 aromatic heterocycles. The van der Waals surface area contributed by atoms with E-state index in [9.17, 15) is 0 Å². The van der Waals surface area contributed by atoms with Gasteiger partial charge in [0.2, 0.25) is 0 Å². The van der Waals surface area contributed by atoms with Crippen LogP contribution in [0.1, 0.15) is 52.4 Å². The molecule has 0 aromatic rings. The summed E-state index contributed by atoms with van der Waals surface area (Å²) >= 11 is 5.25. The Morgan fingerprint density at radius 2 is 1.84 bits per heavy atom. The first-order chi connectivity index (χ1) is 9.22. The molecule has 0 amide bonds. The predicted molar refractivity (Wildman–Crippen MR) is 85.5 cm³/mol. The minimum Gasteiger partial charge on any atom is -0.382 e. The zero-order valence-electron chi connectivity index (χ0n) is 12.5. The lowest BCUT2D eigenvalue weighted by Crippen LogP contribution is -2.37. The largest absolute Gasteiger partial charge is 0.382 e. The number of rotatable bonds is 8. The zero-order valence-corrected chi connectivity index (χ0v) is 13.4. The first-order valence-corrected chi connectivity index (χ1v) is 8.22. The summed E-state index contributed by atoms with van der Waals surface area (Å²) in [5, 5.41) is 7.33. The summed E-state index contributed by atoms with van der Waals surface area (Å²) in [6.45, 7) is 7.90. The van der Waals surface area contributed by atoms with Crippen molar-refractivity contribution in [3.8, 4) is 0 Å². The van der Waals surface area contributed by atoms with Crippen LogP contribution < -0.4 is 10.6 Å².